The third kappa shape index (κ3) is 3.35. The number of aromatic hydroxyl groups is 1. The summed E-state index contributed by atoms with van der Waals surface area (Å²) in [6.07, 6.45) is 0. The summed E-state index contributed by atoms with van der Waals surface area (Å²) in [5.74, 6) is 0.123. The number of rotatable bonds is 2. The van der Waals surface area contributed by atoms with Crippen LogP contribution in [-0.2, 0) is 0 Å². The minimum absolute atomic E-state index is 0.123. The van der Waals surface area contributed by atoms with Gasteiger partial charge in [0.1, 0.15) is 5.75 Å². The number of amides is 2. The molecule has 3 N–H and O–H groups in total. The maximum Gasteiger partial charge on any atom is 0.323 e. The zero-order chi connectivity index (χ0) is 14.7. The monoisotopic (exact) mass is 310 g/mol. The maximum atomic E-state index is 11.9. The highest BCUT2D eigenvalue weighted by Crippen LogP contribution is 2.26. The molecule has 2 aromatic rings. The van der Waals surface area contributed by atoms with E-state index in [0.717, 1.165) is 0 Å². The van der Waals surface area contributed by atoms with Gasteiger partial charge in [0.15, 0.2) is 0 Å². The van der Waals surface area contributed by atoms with E-state index in [9.17, 15) is 9.90 Å². The quantitative estimate of drug-likeness (QED) is 0.756. The van der Waals surface area contributed by atoms with Crippen molar-refractivity contribution < 1.29 is 9.90 Å². The Labute approximate surface area is 126 Å². The molecule has 0 atom stereocenters. The standard InChI is InChI=1S/C14H12Cl2N2O2/c1-8-12(3-2-4-13(8)19)18-14(20)17-9-5-6-10(15)11(16)7-9/h2-7,19H,1H3,(H2,17,18,20). The number of hydrogen-bond acceptors (Lipinski definition) is 2. The SMILES string of the molecule is Cc1c(O)cccc1NC(=O)Nc1ccc(Cl)c(Cl)c1. The molecular weight excluding hydrogens is 299 g/mol. The molecule has 0 unspecified atom stereocenters. The highest BCUT2D eigenvalue weighted by atomic mass is 35.5. The lowest BCUT2D eigenvalue weighted by Gasteiger charge is -2.11. The second-order valence-corrected chi connectivity index (χ2v) is 4.97. The second kappa shape index (κ2) is 6.03. The van der Waals surface area contributed by atoms with E-state index in [1.54, 1.807) is 43.3 Å². The molecule has 0 saturated heterocycles. The molecule has 104 valence electrons. The van der Waals surface area contributed by atoms with Crippen molar-refractivity contribution in [1.29, 1.82) is 0 Å². The molecule has 4 nitrogen and oxygen atoms in total. The Bertz CT molecular complexity index is 660. The van der Waals surface area contributed by atoms with Gasteiger partial charge in [0, 0.05) is 16.9 Å². The second-order valence-electron chi connectivity index (χ2n) is 4.16. The predicted octanol–water partition coefficient (Wildman–Crippen LogP) is 4.65. The molecule has 0 aliphatic carbocycles. The van der Waals surface area contributed by atoms with Crippen LogP contribution in [0.3, 0.4) is 0 Å². The van der Waals surface area contributed by atoms with E-state index in [4.69, 9.17) is 23.2 Å². The molecule has 20 heavy (non-hydrogen) atoms. The van der Waals surface area contributed by atoms with E-state index < -0.39 is 6.03 Å². The van der Waals surface area contributed by atoms with Crippen molar-refractivity contribution in [2.75, 3.05) is 10.6 Å². The molecule has 0 spiro atoms. The molecule has 0 aliphatic rings. The van der Waals surface area contributed by atoms with Crippen molar-refractivity contribution in [2.45, 2.75) is 6.92 Å². The van der Waals surface area contributed by atoms with Gasteiger partial charge < -0.3 is 15.7 Å². The molecule has 0 heterocycles. The first-order valence-electron chi connectivity index (χ1n) is 5.79. The summed E-state index contributed by atoms with van der Waals surface area (Å²) in [7, 11) is 0. The van der Waals surface area contributed by atoms with Crippen LogP contribution in [0.4, 0.5) is 16.2 Å². The number of carbonyl (C=O) groups excluding carboxylic acids is 1. The minimum atomic E-state index is -0.433. The first-order chi connectivity index (χ1) is 9.47. The number of phenols is 1. The molecule has 0 aliphatic heterocycles. The summed E-state index contributed by atoms with van der Waals surface area (Å²) < 4.78 is 0. The average Bonchev–Trinajstić information content (AvgIpc) is 2.39. The van der Waals surface area contributed by atoms with Crippen LogP contribution in [0.1, 0.15) is 5.56 Å². The fourth-order valence-corrected chi connectivity index (χ4v) is 1.92. The van der Waals surface area contributed by atoms with E-state index in [0.29, 0.717) is 27.0 Å². The molecular formula is C14H12Cl2N2O2. The zero-order valence-electron chi connectivity index (χ0n) is 10.6. The molecule has 6 heteroatoms. The number of anilines is 2. The normalized spacial score (nSPS) is 10.2. The van der Waals surface area contributed by atoms with Gasteiger partial charge in [-0.25, -0.2) is 4.79 Å². The van der Waals surface area contributed by atoms with Gasteiger partial charge in [0.25, 0.3) is 0 Å². The summed E-state index contributed by atoms with van der Waals surface area (Å²) in [6.45, 7) is 1.71. The third-order valence-electron chi connectivity index (χ3n) is 2.73. The van der Waals surface area contributed by atoms with Crippen molar-refractivity contribution in [3.05, 3.63) is 52.0 Å². The van der Waals surface area contributed by atoms with Crippen molar-refractivity contribution in [1.82, 2.24) is 0 Å². The Balaban J connectivity index is 2.09. The van der Waals surface area contributed by atoms with Crippen LogP contribution >= 0.6 is 23.2 Å². The lowest BCUT2D eigenvalue weighted by molar-refractivity contribution is 0.262. The van der Waals surface area contributed by atoms with E-state index in [1.807, 2.05) is 0 Å². The average molecular weight is 311 g/mol. The highest BCUT2D eigenvalue weighted by Gasteiger charge is 2.08. The van der Waals surface area contributed by atoms with Crippen molar-refractivity contribution in [2.24, 2.45) is 0 Å². The minimum Gasteiger partial charge on any atom is -0.508 e. The molecule has 2 amide bonds. The Kier molecular flexibility index (Phi) is 4.37. The van der Waals surface area contributed by atoms with Gasteiger partial charge in [0.05, 0.1) is 10.0 Å². The Hall–Kier alpha value is -1.91. The van der Waals surface area contributed by atoms with Crippen molar-refractivity contribution in [3.63, 3.8) is 0 Å². The number of nitrogens with one attached hydrogen (secondary N) is 2. The van der Waals surface area contributed by atoms with Crippen LogP contribution in [0.5, 0.6) is 5.75 Å². The van der Waals surface area contributed by atoms with Gasteiger partial charge >= 0.3 is 6.03 Å². The Morgan fingerprint density at radius 3 is 2.55 bits per heavy atom. The van der Waals surface area contributed by atoms with E-state index in [-0.39, 0.29) is 5.75 Å². The largest absolute Gasteiger partial charge is 0.508 e. The zero-order valence-corrected chi connectivity index (χ0v) is 12.1. The maximum absolute atomic E-state index is 11.9. The number of halogens is 2. The predicted molar refractivity (Wildman–Crippen MR) is 81.9 cm³/mol. The topological polar surface area (TPSA) is 61.4 Å². The third-order valence-corrected chi connectivity index (χ3v) is 3.47. The summed E-state index contributed by atoms with van der Waals surface area (Å²) in [6, 6.07) is 9.26. The van der Waals surface area contributed by atoms with Crippen LogP contribution in [0, 0.1) is 6.92 Å². The highest BCUT2D eigenvalue weighted by molar-refractivity contribution is 6.42. The van der Waals surface area contributed by atoms with E-state index in [1.165, 1.54) is 0 Å². The molecule has 0 aromatic heterocycles. The summed E-state index contributed by atoms with van der Waals surface area (Å²) in [4.78, 5) is 11.9. The van der Waals surface area contributed by atoms with E-state index in [2.05, 4.69) is 10.6 Å². The summed E-state index contributed by atoms with van der Waals surface area (Å²) in [5.41, 5.74) is 1.65. The Morgan fingerprint density at radius 2 is 1.85 bits per heavy atom. The number of hydrogen-bond donors (Lipinski definition) is 3. The fourth-order valence-electron chi connectivity index (χ4n) is 1.62. The van der Waals surface area contributed by atoms with Crippen LogP contribution in [0.15, 0.2) is 36.4 Å². The van der Waals surface area contributed by atoms with Crippen molar-refractivity contribution in [3.8, 4) is 5.75 Å². The van der Waals surface area contributed by atoms with Crippen LogP contribution in [-0.4, -0.2) is 11.1 Å². The van der Waals surface area contributed by atoms with Crippen LogP contribution in [0.2, 0.25) is 10.0 Å². The molecule has 2 aromatic carbocycles. The molecule has 0 saturated carbocycles. The van der Waals surface area contributed by atoms with Gasteiger partial charge in [-0.3, -0.25) is 0 Å². The molecule has 0 fully saturated rings. The molecule has 0 radical (unpaired) electrons. The first-order valence-corrected chi connectivity index (χ1v) is 6.54. The van der Waals surface area contributed by atoms with Crippen LogP contribution < -0.4 is 10.6 Å². The van der Waals surface area contributed by atoms with Gasteiger partial charge in [-0.05, 0) is 37.3 Å². The van der Waals surface area contributed by atoms with Gasteiger partial charge in [-0.15, -0.1) is 0 Å². The first kappa shape index (κ1) is 14.5. The van der Waals surface area contributed by atoms with Crippen LogP contribution in [0.25, 0.3) is 0 Å². The van der Waals surface area contributed by atoms with Gasteiger partial charge in [-0.2, -0.15) is 0 Å². The smallest absolute Gasteiger partial charge is 0.323 e. The summed E-state index contributed by atoms with van der Waals surface area (Å²) >= 11 is 11.7. The molecule has 0 bridgehead atoms. The fraction of sp³-hybridized carbons (Fsp3) is 0.0714. The number of urea groups is 1. The van der Waals surface area contributed by atoms with Crippen molar-refractivity contribution >= 4 is 40.6 Å². The van der Waals surface area contributed by atoms with E-state index >= 15 is 0 Å². The lowest BCUT2D eigenvalue weighted by Crippen LogP contribution is -2.19. The lowest BCUT2D eigenvalue weighted by atomic mass is 10.2. The van der Waals surface area contributed by atoms with Gasteiger partial charge in [-0.1, -0.05) is 29.3 Å². The Morgan fingerprint density at radius 1 is 1.10 bits per heavy atom. The van der Waals surface area contributed by atoms with Gasteiger partial charge in [0.2, 0.25) is 0 Å². The molecule has 2 rings (SSSR count). The number of carbonyl (C=O) groups is 1. The number of phenolic OH excluding ortho intramolecular Hbond substituents is 1. The summed E-state index contributed by atoms with van der Waals surface area (Å²) in [5, 5.41) is 15.6. The number of benzene rings is 2.